The van der Waals surface area contributed by atoms with Gasteiger partial charge >= 0.3 is 11.9 Å². The van der Waals surface area contributed by atoms with E-state index in [4.69, 9.17) is 18.9 Å². The van der Waals surface area contributed by atoms with Crippen LogP contribution >= 0.6 is 23.5 Å². The molecule has 4 aromatic carbocycles. The van der Waals surface area contributed by atoms with E-state index in [1.165, 1.54) is 33.3 Å². The maximum absolute atomic E-state index is 14.4. The number of hydrogen-bond donors (Lipinski definition) is 2. The third-order valence-electron chi connectivity index (χ3n) is 12.5. The Morgan fingerprint density at radius 3 is 1.58 bits per heavy atom. The van der Waals surface area contributed by atoms with Gasteiger partial charge in [-0.15, -0.1) is 23.5 Å². The number of carbonyl (C=O) groups excluding carboxylic acids is 6. The number of carbonyl (C=O) groups is 6. The summed E-state index contributed by atoms with van der Waals surface area (Å²) in [7, 11) is 3.14. The summed E-state index contributed by atoms with van der Waals surface area (Å²) in [6.45, 7) is -0.0692. The molecule has 0 spiro atoms. The fourth-order valence-electron chi connectivity index (χ4n) is 9.11. The molecule has 3 saturated heterocycles. The van der Waals surface area contributed by atoms with Gasteiger partial charge in [0.05, 0.1) is 27.1 Å². The van der Waals surface area contributed by atoms with Crippen molar-refractivity contribution in [1.82, 2.24) is 20.4 Å². The lowest BCUT2D eigenvalue weighted by molar-refractivity contribution is -0.164. The average Bonchev–Trinajstić information content (AvgIpc) is 3.35. The molecule has 0 radical (unpaired) electrons. The van der Waals surface area contributed by atoms with Crippen molar-refractivity contribution in [3.8, 4) is 11.5 Å². The van der Waals surface area contributed by atoms with Gasteiger partial charge in [0.2, 0.25) is 23.6 Å². The van der Waals surface area contributed by atoms with E-state index in [-0.39, 0.29) is 60.9 Å². The Bertz CT molecular complexity index is 2560. The van der Waals surface area contributed by atoms with Crippen LogP contribution in [0.25, 0.3) is 0 Å². The summed E-state index contributed by atoms with van der Waals surface area (Å²) in [5.41, 5.74) is 4.49. The number of allylic oxidation sites excluding steroid dienone is 1. The largest absolute Gasteiger partial charge is 0.497 e. The fourth-order valence-corrected chi connectivity index (χ4v) is 12.2. The summed E-state index contributed by atoms with van der Waals surface area (Å²) in [6.07, 6.45) is 3.00. The van der Waals surface area contributed by atoms with Crippen LogP contribution in [0, 0.1) is 5.92 Å². The van der Waals surface area contributed by atoms with Gasteiger partial charge in [0, 0.05) is 5.25 Å². The Labute approximate surface area is 390 Å². The molecule has 3 fully saturated rings. The SMILES string of the molecule is COc1ccc(COC(=O)C2C(C3CC=C4C(C3)S[C@@H]3[C@H](NC(=O)Cc5ccccc5)C(=O)N3C4C(=O)OCc3ccc(OC)cc3)=CS[C@@H]3[C@H](NC(=O)Cc4ccccc4)C(=O)N23)cc1. The van der Waals surface area contributed by atoms with Gasteiger partial charge in [0.1, 0.15) is 47.5 Å². The molecule has 0 bridgehead atoms. The molecule has 1 aliphatic carbocycles. The van der Waals surface area contributed by atoms with Crippen LogP contribution in [0.3, 0.4) is 0 Å². The molecule has 4 amide bonds. The van der Waals surface area contributed by atoms with E-state index in [1.54, 1.807) is 62.8 Å². The Morgan fingerprint density at radius 1 is 0.606 bits per heavy atom. The van der Waals surface area contributed by atoms with Crippen molar-refractivity contribution in [2.24, 2.45) is 5.92 Å². The molecule has 66 heavy (non-hydrogen) atoms. The first-order valence-corrected chi connectivity index (χ1v) is 23.6. The number of thioether (sulfide) groups is 2. The van der Waals surface area contributed by atoms with E-state index >= 15 is 0 Å². The smallest absolute Gasteiger partial charge is 0.333 e. The number of nitrogens with zero attached hydrogens (tertiary/aromatic N) is 2. The van der Waals surface area contributed by atoms with Gasteiger partial charge in [-0.1, -0.05) is 91.0 Å². The maximum Gasteiger partial charge on any atom is 0.333 e. The minimum absolute atomic E-state index is 0.0276. The molecule has 4 aliphatic heterocycles. The van der Waals surface area contributed by atoms with Crippen LogP contribution in [-0.4, -0.2) is 99.8 Å². The number of nitrogens with one attached hydrogen (secondary N) is 2. The zero-order valence-electron chi connectivity index (χ0n) is 36.2. The number of hydrogen-bond acceptors (Lipinski definition) is 12. The highest BCUT2D eigenvalue weighted by Crippen LogP contribution is 2.52. The van der Waals surface area contributed by atoms with E-state index < -0.39 is 46.9 Å². The number of esters is 2. The lowest BCUT2D eigenvalue weighted by Crippen LogP contribution is -2.76. The molecule has 4 heterocycles. The maximum atomic E-state index is 14.4. The lowest BCUT2D eigenvalue weighted by Gasteiger charge is -2.56. The van der Waals surface area contributed by atoms with Gasteiger partial charge in [-0.05, 0) is 81.8 Å². The van der Waals surface area contributed by atoms with E-state index in [2.05, 4.69) is 10.6 Å². The molecule has 2 N–H and O–H groups in total. The monoisotopic (exact) mass is 928 g/mol. The molecule has 4 aromatic rings. The van der Waals surface area contributed by atoms with Gasteiger partial charge < -0.3 is 39.4 Å². The van der Waals surface area contributed by atoms with Crippen LogP contribution in [0.4, 0.5) is 0 Å². The highest BCUT2D eigenvalue weighted by atomic mass is 32.2. The van der Waals surface area contributed by atoms with Crippen LogP contribution in [0.1, 0.15) is 35.1 Å². The third kappa shape index (κ3) is 9.16. The first-order valence-electron chi connectivity index (χ1n) is 21.7. The van der Waals surface area contributed by atoms with Crippen molar-refractivity contribution in [3.63, 3.8) is 0 Å². The molecule has 14 nitrogen and oxygen atoms in total. The normalized spacial score (nSPS) is 24.9. The molecule has 0 aromatic heterocycles. The zero-order valence-corrected chi connectivity index (χ0v) is 37.8. The van der Waals surface area contributed by atoms with Gasteiger partial charge in [-0.3, -0.25) is 19.2 Å². The van der Waals surface area contributed by atoms with E-state index in [9.17, 15) is 28.8 Å². The standard InChI is InChI=1S/C50H48N4O10S2/c1-61-34-18-13-31(14-19-34)26-63-49(59)43-36-22-17-33(25-38(36)66-48-42(46(58)54(43)48)52-40(56)24-30-11-7-4-8-12-30)37-28-65-47-41(51-39(55)23-29-9-5-3-6-10-29)45(57)53(47)44(37)50(60)64-27-32-15-20-35(62-2)21-16-32/h3-16,18-22,28,33,38,41-44,47-48H,17,23-27H2,1-2H3,(H,51,55)(H,52,56)/t33?,38?,41-,42-,43?,44?,47-,48-/m1/s1. The zero-order chi connectivity index (χ0) is 45.9. The first kappa shape index (κ1) is 44.7. The summed E-state index contributed by atoms with van der Waals surface area (Å²) in [4.78, 5) is 86.1. The molecular weight excluding hydrogens is 881 g/mol. The van der Waals surface area contributed by atoms with Gasteiger partial charge in [-0.25, -0.2) is 9.59 Å². The second-order valence-corrected chi connectivity index (χ2v) is 19.0. The molecule has 9 rings (SSSR count). The molecule has 5 aliphatic rings. The van der Waals surface area contributed by atoms with Crippen LogP contribution < -0.4 is 20.1 Å². The number of methoxy groups -OCH3 is 2. The third-order valence-corrected chi connectivity index (χ3v) is 15.3. The van der Waals surface area contributed by atoms with Crippen molar-refractivity contribution in [2.45, 2.75) is 79.1 Å². The number of ether oxygens (including phenoxy) is 4. The summed E-state index contributed by atoms with van der Waals surface area (Å²) < 4.78 is 22.4. The second-order valence-electron chi connectivity index (χ2n) is 16.7. The van der Waals surface area contributed by atoms with Crippen molar-refractivity contribution in [1.29, 1.82) is 0 Å². The van der Waals surface area contributed by atoms with Crippen LogP contribution in [0.5, 0.6) is 11.5 Å². The van der Waals surface area contributed by atoms with Crippen molar-refractivity contribution in [3.05, 3.63) is 154 Å². The first-order chi connectivity index (χ1) is 32.1. The predicted molar refractivity (Wildman–Crippen MR) is 246 cm³/mol. The number of benzene rings is 4. The Kier molecular flexibility index (Phi) is 13.2. The average molecular weight is 929 g/mol. The summed E-state index contributed by atoms with van der Waals surface area (Å²) in [5, 5.41) is 6.32. The number of amides is 4. The fraction of sp³-hybridized carbons (Fsp3) is 0.320. The quantitative estimate of drug-likeness (QED) is 0.0921. The van der Waals surface area contributed by atoms with Gasteiger partial charge in [0.15, 0.2) is 12.1 Å². The highest BCUT2D eigenvalue weighted by molar-refractivity contribution is 8.03. The second kappa shape index (κ2) is 19.5. The van der Waals surface area contributed by atoms with Crippen LogP contribution in [0.2, 0.25) is 0 Å². The van der Waals surface area contributed by atoms with Gasteiger partial charge in [-0.2, -0.15) is 0 Å². The Morgan fingerprint density at radius 2 is 1.08 bits per heavy atom. The van der Waals surface area contributed by atoms with E-state index in [0.29, 0.717) is 29.9 Å². The molecular formula is C50H48N4O10S2. The topological polar surface area (TPSA) is 170 Å². The van der Waals surface area contributed by atoms with Crippen LogP contribution in [0.15, 0.2) is 132 Å². The molecule has 8 atom stereocenters. The van der Waals surface area contributed by atoms with Crippen molar-refractivity contribution in [2.75, 3.05) is 14.2 Å². The van der Waals surface area contributed by atoms with Crippen LogP contribution in [-0.2, 0) is 64.3 Å². The van der Waals surface area contributed by atoms with E-state index in [0.717, 1.165) is 27.8 Å². The summed E-state index contributed by atoms with van der Waals surface area (Å²) in [6, 6.07) is 29.0. The predicted octanol–water partition coefficient (Wildman–Crippen LogP) is 5.10. The number of β-lactam (4-membered cyclic amide) rings is 2. The summed E-state index contributed by atoms with van der Waals surface area (Å²) in [5.74, 6) is -1.53. The van der Waals surface area contributed by atoms with Crippen molar-refractivity contribution >= 4 is 59.1 Å². The number of rotatable bonds is 15. The van der Waals surface area contributed by atoms with Crippen molar-refractivity contribution < 1.29 is 47.7 Å². The van der Waals surface area contributed by atoms with E-state index in [1.807, 2.05) is 72.1 Å². The molecule has 340 valence electrons. The van der Waals surface area contributed by atoms with Gasteiger partial charge in [0.25, 0.3) is 0 Å². The molecule has 0 saturated carbocycles. The molecule has 16 heteroatoms. The highest BCUT2D eigenvalue weighted by Gasteiger charge is 2.61. The minimum Gasteiger partial charge on any atom is -0.497 e. The Balaban J connectivity index is 0.969. The Hall–Kier alpha value is -6.52. The lowest BCUT2D eigenvalue weighted by atomic mass is 9.78. The summed E-state index contributed by atoms with van der Waals surface area (Å²) >= 11 is 2.86. The minimum atomic E-state index is -1.07. The molecule has 4 unspecified atom stereocenters. The number of fused-ring (bicyclic) bond motifs is 3.